The van der Waals surface area contributed by atoms with E-state index in [4.69, 9.17) is 0 Å². The molecule has 7 atom stereocenters. The summed E-state index contributed by atoms with van der Waals surface area (Å²) in [5.74, 6) is 5.74. The molecule has 6 aliphatic rings. The summed E-state index contributed by atoms with van der Waals surface area (Å²) in [5.41, 5.74) is 1.25. The molecule has 6 saturated carbocycles. The van der Waals surface area contributed by atoms with Crippen molar-refractivity contribution in [2.45, 2.75) is 72.8 Å². The third-order valence-corrected chi connectivity index (χ3v) is 9.47. The van der Waals surface area contributed by atoms with Crippen LogP contribution in [0.5, 0.6) is 0 Å². The van der Waals surface area contributed by atoms with E-state index in [2.05, 4.69) is 45.3 Å². The lowest BCUT2D eigenvalue weighted by atomic mass is 9.45. The first-order chi connectivity index (χ1) is 11.3. The maximum atomic E-state index is 3.88. The summed E-state index contributed by atoms with van der Waals surface area (Å²) in [5, 5.41) is 7.66. The second kappa shape index (κ2) is 9.41. The predicted molar refractivity (Wildman–Crippen MR) is 133 cm³/mol. The first-order valence-corrected chi connectivity index (χ1v) is 10.8. The van der Waals surface area contributed by atoms with Crippen LogP contribution >= 0.6 is 40.5 Å². The third-order valence-electron chi connectivity index (χ3n) is 9.47. The van der Waals surface area contributed by atoms with Crippen molar-refractivity contribution in [1.29, 1.82) is 0 Å². The molecule has 0 aliphatic heterocycles. The van der Waals surface area contributed by atoms with Gasteiger partial charge in [-0.15, -0.1) is 0 Å². The van der Waals surface area contributed by atoms with Crippen molar-refractivity contribution in [3.63, 3.8) is 0 Å². The molecule has 2 N–H and O–H groups in total. The normalized spacial score (nSPS) is 42.3. The molecule has 0 amide bonds. The predicted octanol–water partition coefficient (Wildman–Crippen LogP) is 4.65. The van der Waals surface area contributed by atoms with Crippen molar-refractivity contribution in [3.8, 4) is 0 Å². The minimum absolute atomic E-state index is 0. The average Bonchev–Trinajstić information content (AvgIpc) is 2.55. The van der Waals surface area contributed by atoms with Gasteiger partial charge in [-0.25, -0.2) is 0 Å². The topological polar surface area (TPSA) is 24.1 Å². The van der Waals surface area contributed by atoms with Gasteiger partial charge in [-0.2, -0.15) is 40.5 Å². The molecule has 2 nitrogen and oxygen atoms in total. The molecule has 0 radical (unpaired) electrons. The van der Waals surface area contributed by atoms with E-state index in [1.54, 1.807) is 0 Å². The SMILES string of the molecule is C[C@@H]1C2C[C@@H](C[C@H]1NCCNCC1CCC3C[C@@H]1C3(C)C)C2(C)C.S.S.S. The highest BCUT2D eigenvalue weighted by atomic mass is 32.1. The summed E-state index contributed by atoms with van der Waals surface area (Å²) in [6, 6.07) is 0.768. The van der Waals surface area contributed by atoms with Crippen LogP contribution in [0.4, 0.5) is 0 Å². The molecule has 6 aliphatic carbocycles. The Morgan fingerprint density at radius 3 is 1.96 bits per heavy atom. The zero-order valence-electron chi connectivity index (χ0n) is 18.2. The van der Waals surface area contributed by atoms with Gasteiger partial charge < -0.3 is 10.6 Å². The Labute approximate surface area is 189 Å². The van der Waals surface area contributed by atoms with Crippen LogP contribution in [0.3, 0.4) is 0 Å². The number of hydrogen-bond acceptors (Lipinski definition) is 2. The molecule has 6 rings (SSSR count). The Morgan fingerprint density at radius 1 is 0.778 bits per heavy atom. The second-order valence-corrected chi connectivity index (χ2v) is 10.9. The van der Waals surface area contributed by atoms with Crippen LogP contribution in [0, 0.1) is 46.3 Å². The number of fused-ring (bicyclic) bond motifs is 4. The summed E-state index contributed by atoms with van der Waals surface area (Å²) in [6.07, 6.45) is 7.36. The summed E-state index contributed by atoms with van der Waals surface area (Å²) in [4.78, 5) is 0. The third kappa shape index (κ3) is 4.38. The molecule has 6 fully saturated rings. The first kappa shape index (κ1) is 26.0. The van der Waals surface area contributed by atoms with Crippen LogP contribution in [0.1, 0.15) is 66.7 Å². The summed E-state index contributed by atoms with van der Waals surface area (Å²) < 4.78 is 0. The second-order valence-electron chi connectivity index (χ2n) is 10.9. The van der Waals surface area contributed by atoms with E-state index in [0.717, 1.165) is 54.6 Å². The molecular weight excluding hydrogens is 388 g/mol. The standard InChI is InChI=1S/C22H40N2.3H2S/c1-14-18-11-17(22(18,4)5)12-20(14)24-9-8-23-13-15-6-7-16-10-19(15)21(16,2)3;;;/h14-20,23-24H,6-13H2,1-5H3;3*1H2/t14-,15?,16?,17+,18?,19+,20-;;;/m1.../s1. The number of rotatable bonds is 6. The van der Waals surface area contributed by atoms with E-state index in [0.29, 0.717) is 10.8 Å². The highest BCUT2D eigenvalue weighted by molar-refractivity contribution is 7.59. The van der Waals surface area contributed by atoms with Gasteiger partial charge in [0.1, 0.15) is 0 Å². The molecule has 162 valence electrons. The Kier molecular flexibility index (Phi) is 9.06. The van der Waals surface area contributed by atoms with Crippen LogP contribution in [0.25, 0.3) is 0 Å². The quantitative estimate of drug-likeness (QED) is 0.595. The monoisotopic (exact) mass is 434 g/mol. The smallest absolute Gasteiger partial charge is 0.00989 e. The zero-order chi connectivity index (χ0) is 17.1. The van der Waals surface area contributed by atoms with Crippen LogP contribution in [0.15, 0.2) is 0 Å². The van der Waals surface area contributed by atoms with E-state index in [-0.39, 0.29) is 40.5 Å². The van der Waals surface area contributed by atoms with Gasteiger partial charge in [0.2, 0.25) is 0 Å². The zero-order valence-corrected chi connectivity index (χ0v) is 21.2. The van der Waals surface area contributed by atoms with Gasteiger partial charge in [0.15, 0.2) is 0 Å². The fourth-order valence-corrected chi connectivity index (χ4v) is 7.26. The van der Waals surface area contributed by atoms with E-state index < -0.39 is 0 Å². The fourth-order valence-electron chi connectivity index (χ4n) is 7.26. The first-order valence-electron chi connectivity index (χ1n) is 10.8. The lowest BCUT2D eigenvalue weighted by Gasteiger charge is -2.62. The molecule has 0 aromatic carbocycles. The van der Waals surface area contributed by atoms with Gasteiger partial charge in [0, 0.05) is 19.1 Å². The maximum absolute atomic E-state index is 3.88. The Bertz CT molecular complexity index is 480. The largest absolute Gasteiger partial charge is 0.315 e. The highest BCUT2D eigenvalue weighted by Crippen LogP contribution is 2.62. The molecular formula is C22H46N2S3. The lowest BCUT2D eigenvalue weighted by Crippen LogP contribution is -2.60. The van der Waals surface area contributed by atoms with Crippen molar-refractivity contribution >= 4 is 40.5 Å². The fraction of sp³-hybridized carbons (Fsp3) is 1.00. The number of hydrogen-bond donors (Lipinski definition) is 2. The van der Waals surface area contributed by atoms with Crippen molar-refractivity contribution in [3.05, 3.63) is 0 Å². The Morgan fingerprint density at radius 2 is 1.41 bits per heavy atom. The molecule has 3 unspecified atom stereocenters. The summed E-state index contributed by atoms with van der Waals surface area (Å²) in [7, 11) is 0. The summed E-state index contributed by atoms with van der Waals surface area (Å²) >= 11 is 0. The van der Waals surface area contributed by atoms with Gasteiger partial charge in [-0.1, -0.05) is 34.6 Å². The van der Waals surface area contributed by atoms with Gasteiger partial charge in [-0.05, 0) is 85.0 Å². The molecule has 0 aromatic rings. The molecule has 0 spiro atoms. The number of nitrogens with one attached hydrogen (secondary N) is 2. The van der Waals surface area contributed by atoms with E-state index >= 15 is 0 Å². The lowest BCUT2D eigenvalue weighted by molar-refractivity contribution is -0.115. The van der Waals surface area contributed by atoms with Gasteiger partial charge in [0.25, 0.3) is 0 Å². The molecule has 0 saturated heterocycles. The van der Waals surface area contributed by atoms with Crippen LogP contribution in [0.2, 0.25) is 0 Å². The van der Waals surface area contributed by atoms with Crippen molar-refractivity contribution in [2.24, 2.45) is 46.3 Å². The van der Waals surface area contributed by atoms with Crippen molar-refractivity contribution < 1.29 is 0 Å². The van der Waals surface area contributed by atoms with Crippen molar-refractivity contribution in [2.75, 3.05) is 19.6 Å². The van der Waals surface area contributed by atoms with Gasteiger partial charge >= 0.3 is 0 Å². The Hall–Kier alpha value is 0.970. The van der Waals surface area contributed by atoms with Crippen LogP contribution in [-0.2, 0) is 0 Å². The maximum Gasteiger partial charge on any atom is 0.00989 e. The molecule has 4 bridgehead atoms. The van der Waals surface area contributed by atoms with E-state index in [9.17, 15) is 0 Å². The van der Waals surface area contributed by atoms with Gasteiger partial charge in [-0.3, -0.25) is 0 Å². The summed E-state index contributed by atoms with van der Waals surface area (Å²) in [6.45, 7) is 16.1. The molecule has 27 heavy (non-hydrogen) atoms. The minimum Gasteiger partial charge on any atom is -0.315 e. The molecule has 0 aromatic heterocycles. The molecule has 5 heteroatoms. The van der Waals surface area contributed by atoms with Crippen LogP contribution in [-0.4, -0.2) is 25.7 Å². The van der Waals surface area contributed by atoms with Crippen molar-refractivity contribution in [1.82, 2.24) is 10.6 Å². The van der Waals surface area contributed by atoms with Gasteiger partial charge in [0.05, 0.1) is 0 Å². The average molecular weight is 435 g/mol. The highest BCUT2D eigenvalue weighted by Gasteiger charge is 2.56. The Balaban J connectivity index is 0.00000121. The molecule has 0 heterocycles. The van der Waals surface area contributed by atoms with E-state index in [1.807, 2.05) is 0 Å². The van der Waals surface area contributed by atoms with E-state index in [1.165, 1.54) is 38.6 Å². The van der Waals surface area contributed by atoms with Crippen LogP contribution < -0.4 is 10.6 Å². The minimum atomic E-state index is 0.